The number of carboxylic acids is 1. The number of hydrogen-bond donors (Lipinski definition) is 1. The third kappa shape index (κ3) is 5.03. The van der Waals surface area contributed by atoms with Crippen LogP contribution in [0.25, 0.3) is 0 Å². The largest absolute Gasteiger partial charge is 0.477 e. The fraction of sp³-hybridized carbons (Fsp3) is 0.368. The molecule has 3 rings (SSSR count). The van der Waals surface area contributed by atoms with Crippen LogP contribution >= 0.6 is 24.8 Å². The summed E-state index contributed by atoms with van der Waals surface area (Å²) < 4.78 is 5.99. The van der Waals surface area contributed by atoms with Gasteiger partial charge in [-0.3, -0.25) is 9.88 Å². The second kappa shape index (κ2) is 10.3. The van der Waals surface area contributed by atoms with Gasteiger partial charge in [-0.2, -0.15) is 0 Å². The van der Waals surface area contributed by atoms with E-state index in [0.717, 1.165) is 18.8 Å². The van der Waals surface area contributed by atoms with E-state index in [9.17, 15) is 9.90 Å². The van der Waals surface area contributed by atoms with Crippen LogP contribution in [0.4, 0.5) is 5.69 Å². The Hall–Kier alpha value is -2.02. The minimum atomic E-state index is -1.34. The molecule has 6 nitrogen and oxygen atoms in total. The molecule has 1 aliphatic heterocycles. The fourth-order valence-electron chi connectivity index (χ4n) is 3.25. The van der Waals surface area contributed by atoms with Crippen molar-refractivity contribution in [2.75, 3.05) is 31.1 Å². The lowest BCUT2D eigenvalue weighted by atomic mass is 10.1. The van der Waals surface area contributed by atoms with Gasteiger partial charge in [-0.15, -0.1) is 24.8 Å². The Balaban J connectivity index is 0.00000182. The number of ether oxygens (including phenoxy) is 1. The summed E-state index contributed by atoms with van der Waals surface area (Å²) in [5.74, 6) is -0.375. The van der Waals surface area contributed by atoms with Crippen molar-refractivity contribution in [3.05, 3.63) is 54.9 Å². The lowest BCUT2D eigenvalue weighted by Crippen LogP contribution is -2.63. The van der Waals surface area contributed by atoms with Gasteiger partial charge >= 0.3 is 5.97 Å². The van der Waals surface area contributed by atoms with Crippen molar-refractivity contribution < 1.29 is 14.6 Å². The Kier molecular flexibility index (Phi) is 8.82. The minimum Gasteiger partial charge on any atom is -0.477 e. The van der Waals surface area contributed by atoms with Gasteiger partial charge in [0.05, 0.1) is 0 Å². The molecule has 1 aromatic heterocycles. The zero-order valence-corrected chi connectivity index (χ0v) is 16.8. The van der Waals surface area contributed by atoms with Crippen molar-refractivity contribution >= 4 is 36.5 Å². The van der Waals surface area contributed by atoms with Gasteiger partial charge in [0.15, 0.2) is 0 Å². The molecule has 148 valence electrons. The normalized spacial score (nSPS) is 16.4. The molecule has 0 amide bonds. The summed E-state index contributed by atoms with van der Waals surface area (Å²) in [6.45, 7) is 4.59. The maximum absolute atomic E-state index is 12.1. The van der Waals surface area contributed by atoms with Gasteiger partial charge in [-0.25, -0.2) is 4.79 Å². The number of para-hydroxylation sites is 1. The second-order valence-electron chi connectivity index (χ2n) is 6.04. The molecule has 1 fully saturated rings. The third-order valence-corrected chi connectivity index (χ3v) is 4.66. The first-order valence-electron chi connectivity index (χ1n) is 8.53. The number of pyridine rings is 1. The molecule has 0 saturated carbocycles. The standard InChI is InChI=1S/C19H23N3O3.2ClH/c1-2-19(18(23)24,25-17-6-4-3-5-7-17)22-14-12-21(13-15-22)16-8-10-20-11-9-16;;/h3-11H,2,12-15H2,1H3,(H,23,24);2*1H. The molecule has 1 aromatic carbocycles. The fourth-order valence-corrected chi connectivity index (χ4v) is 3.25. The Labute approximate surface area is 172 Å². The van der Waals surface area contributed by atoms with Crippen LogP contribution in [0.3, 0.4) is 0 Å². The molecule has 27 heavy (non-hydrogen) atoms. The predicted octanol–water partition coefficient (Wildman–Crippen LogP) is 3.32. The maximum atomic E-state index is 12.1. The third-order valence-electron chi connectivity index (χ3n) is 4.66. The van der Waals surface area contributed by atoms with Gasteiger partial charge < -0.3 is 14.7 Å². The van der Waals surface area contributed by atoms with Crippen molar-refractivity contribution in [2.24, 2.45) is 0 Å². The highest BCUT2D eigenvalue weighted by atomic mass is 35.5. The Bertz CT molecular complexity index is 698. The molecular formula is C19H25Cl2N3O3. The predicted molar refractivity (Wildman–Crippen MR) is 110 cm³/mol. The highest BCUT2D eigenvalue weighted by Crippen LogP contribution is 2.28. The number of piperazine rings is 1. The molecule has 1 N–H and O–H groups in total. The number of rotatable bonds is 6. The van der Waals surface area contributed by atoms with Crippen LogP contribution in [-0.4, -0.2) is 52.9 Å². The van der Waals surface area contributed by atoms with Crippen molar-refractivity contribution in [2.45, 2.75) is 19.1 Å². The molecule has 0 spiro atoms. The van der Waals surface area contributed by atoms with E-state index in [0.29, 0.717) is 25.3 Å². The molecule has 0 bridgehead atoms. The van der Waals surface area contributed by atoms with E-state index in [2.05, 4.69) is 9.88 Å². The molecule has 8 heteroatoms. The zero-order valence-electron chi connectivity index (χ0n) is 15.2. The average Bonchev–Trinajstić information content (AvgIpc) is 2.67. The van der Waals surface area contributed by atoms with Crippen molar-refractivity contribution in [1.29, 1.82) is 0 Å². The van der Waals surface area contributed by atoms with Crippen molar-refractivity contribution in [3.8, 4) is 5.75 Å². The summed E-state index contributed by atoms with van der Waals surface area (Å²) in [6, 6.07) is 13.1. The van der Waals surface area contributed by atoms with Crippen LogP contribution in [0.1, 0.15) is 13.3 Å². The van der Waals surface area contributed by atoms with Crippen LogP contribution < -0.4 is 9.64 Å². The number of aromatic nitrogens is 1. The molecular weight excluding hydrogens is 389 g/mol. The monoisotopic (exact) mass is 413 g/mol. The summed E-state index contributed by atoms with van der Waals surface area (Å²) >= 11 is 0. The summed E-state index contributed by atoms with van der Waals surface area (Å²) in [5.41, 5.74) is -0.234. The summed E-state index contributed by atoms with van der Waals surface area (Å²) in [7, 11) is 0. The van der Waals surface area contributed by atoms with E-state index in [1.54, 1.807) is 24.5 Å². The number of nitrogens with zero attached hydrogens (tertiary/aromatic N) is 3. The van der Waals surface area contributed by atoms with E-state index < -0.39 is 11.7 Å². The van der Waals surface area contributed by atoms with E-state index in [-0.39, 0.29) is 24.8 Å². The van der Waals surface area contributed by atoms with Gasteiger partial charge in [0.25, 0.3) is 5.72 Å². The Morgan fingerprint density at radius 1 is 1.07 bits per heavy atom. The first kappa shape index (κ1) is 23.0. The molecule has 2 heterocycles. The summed E-state index contributed by atoms with van der Waals surface area (Å²) in [5, 5.41) is 9.93. The van der Waals surface area contributed by atoms with Crippen LogP contribution in [0.15, 0.2) is 54.9 Å². The molecule has 0 aliphatic carbocycles. The van der Waals surface area contributed by atoms with Crippen molar-refractivity contribution in [3.63, 3.8) is 0 Å². The highest BCUT2D eigenvalue weighted by molar-refractivity contribution is 5.85. The Morgan fingerprint density at radius 3 is 2.19 bits per heavy atom. The van der Waals surface area contributed by atoms with Gasteiger partial charge in [-0.05, 0) is 24.3 Å². The number of carboxylic acid groups (broad SMARTS) is 1. The number of halogens is 2. The molecule has 1 atom stereocenters. The van der Waals surface area contributed by atoms with E-state index in [1.165, 1.54) is 0 Å². The average molecular weight is 414 g/mol. The van der Waals surface area contributed by atoms with Crippen LogP contribution in [0, 0.1) is 0 Å². The van der Waals surface area contributed by atoms with E-state index in [4.69, 9.17) is 4.74 Å². The number of carbonyl (C=O) groups is 1. The Morgan fingerprint density at radius 2 is 1.67 bits per heavy atom. The molecule has 1 unspecified atom stereocenters. The quantitative estimate of drug-likeness (QED) is 0.783. The van der Waals surface area contributed by atoms with Gasteiger partial charge in [0.2, 0.25) is 0 Å². The van der Waals surface area contributed by atoms with Crippen LogP contribution in [-0.2, 0) is 4.79 Å². The maximum Gasteiger partial charge on any atom is 0.364 e. The lowest BCUT2D eigenvalue weighted by molar-refractivity contribution is -0.177. The minimum absolute atomic E-state index is 0. The summed E-state index contributed by atoms with van der Waals surface area (Å²) in [6.07, 6.45) is 3.91. The van der Waals surface area contributed by atoms with Crippen molar-refractivity contribution in [1.82, 2.24) is 9.88 Å². The number of anilines is 1. The highest BCUT2D eigenvalue weighted by Gasteiger charge is 2.46. The van der Waals surface area contributed by atoms with Gasteiger partial charge in [0.1, 0.15) is 5.75 Å². The van der Waals surface area contributed by atoms with E-state index in [1.807, 2.05) is 42.2 Å². The molecule has 1 aliphatic rings. The van der Waals surface area contributed by atoms with Crippen LogP contribution in [0.5, 0.6) is 5.75 Å². The van der Waals surface area contributed by atoms with Crippen LogP contribution in [0.2, 0.25) is 0 Å². The molecule has 1 saturated heterocycles. The van der Waals surface area contributed by atoms with E-state index >= 15 is 0 Å². The first-order chi connectivity index (χ1) is 12.2. The van der Waals surface area contributed by atoms with Gasteiger partial charge in [0, 0.05) is 50.7 Å². The number of aliphatic carboxylic acids is 1. The summed E-state index contributed by atoms with van der Waals surface area (Å²) in [4.78, 5) is 20.3. The smallest absolute Gasteiger partial charge is 0.364 e. The number of benzene rings is 1. The molecule has 0 radical (unpaired) electrons. The number of hydrogen-bond acceptors (Lipinski definition) is 5. The lowest BCUT2D eigenvalue weighted by Gasteiger charge is -2.44. The topological polar surface area (TPSA) is 65.9 Å². The molecule has 2 aromatic rings. The zero-order chi connectivity index (χ0) is 17.7. The SMILES string of the molecule is CCC(Oc1ccccc1)(C(=O)O)N1CCN(c2ccncc2)CC1.Cl.Cl. The second-order valence-corrected chi connectivity index (χ2v) is 6.04. The first-order valence-corrected chi connectivity index (χ1v) is 8.53. The van der Waals surface area contributed by atoms with Gasteiger partial charge in [-0.1, -0.05) is 25.1 Å².